The summed E-state index contributed by atoms with van der Waals surface area (Å²) in [6, 6.07) is 7.99. The number of rotatable bonds is 6. The van der Waals surface area contributed by atoms with Crippen molar-refractivity contribution in [1.29, 1.82) is 0 Å². The zero-order valence-electron chi connectivity index (χ0n) is 8.78. The number of alkyl halides is 1. The van der Waals surface area contributed by atoms with Crippen LogP contribution in [0, 0.1) is 0 Å². The van der Waals surface area contributed by atoms with E-state index in [0.29, 0.717) is 13.0 Å². The highest BCUT2D eigenvalue weighted by molar-refractivity contribution is 6.27. The third-order valence-corrected chi connectivity index (χ3v) is 2.51. The summed E-state index contributed by atoms with van der Waals surface area (Å²) in [5.41, 5.74) is 2.33. The van der Waals surface area contributed by atoms with Crippen LogP contribution in [0.5, 0.6) is 0 Å². The van der Waals surface area contributed by atoms with Crippen molar-refractivity contribution in [2.75, 3.05) is 13.7 Å². The lowest BCUT2D eigenvalue weighted by Crippen LogP contribution is -2.07. The molecule has 0 saturated heterocycles. The van der Waals surface area contributed by atoms with Gasteiger partial charge in [0.1, 0.15) is 6.29 Å². The Hall–Kier alpha value is -0.860. The molecule has 82 valence electrons. The van der Waals surface area contributed by atoms with Crippen LogP contribution in [0.15, 0.2) is 24.3 Å². The van der Waals surface area contributed by atoms with Crippen molar-refractivity contribution in [3.05, 3.63) is 35.4 Å². The summed E-state index contributed by atoms with van der Waals surface area (Å²) in [5.74, 6) is 0. The van der Waals surface area contributed by atoms with Gasteiger partial charge in [-0.05, 0) is 24.0 Å². The lowest BCUT2D eigenvalue weighted by molar-refractivity contribution is -0.107. The summed E-state index contributed by atoms with van der Waals surface area (Å²) in [7, 11) is 1.68. The number of methoxy groups -OCH3 is 1. The molecule has 1 atom stereocenters. The first-order chi connectivity index (χ1) is 7.27. The van der Waals surface area contributed by atoms with Crippen molar-refractivity contribution in [1.82, 2.24) is 0 Å². The van der Waals surface area contributed by atoms with Gasteiger partial charge in [-0.1, -0.05) is 24.3 Å². The minimum absolute atomic E-state index is 0.436. The highest BCUT2D eigenvalue weighted by Gasteiger charge is 2.07. The van der Waals surface area contributed by atoms with E-state index < -0.39 is 5.38 Å². The molecule has 0 radical (unpaired) electrons. The molecular weight excluding hydrogens is 212 g/mol. The lowest BCUT2D eigenvalue weighted by atomic mass is 10.0. The van der Waals surface area contributed by atoms with Crippen LogP contribution in [0.25, 0.3) is 0 Å². The Labute approximate surface area is 95.2 Å². The van der Waals surface area contributed by atoms with Crippen molar-refractivity contribution in [3.8, 4) is 0 Å². The predicted octanol–water partition coefficient (Wildman–Crippen LogP) is 2.22. The Morgan fingerprint density at radius 1 is 1.40 bits per heavy atom. The Balaban J connectivity index is 2.71. The van der Waals surface area contributed by atoms with Gasteiger partial charge in [0.15, 0.2) is 0 Å². The number of benzene rings is 1. The first kappa shape index (κ1) is 12.2. The number of carbonyl (C=O) groups is 1. The van der Waals surface area contributed by atoms with Crippen LogP contribution in [0.1, 0.15) is 11.1 Å². The zero-order valence-corrected chi connectivity index (χ0v) is 9.54. The van der Waals surface area contributed by atoms with E-state index in [4.69, 9.17) is 16.3 Å². The van der Waals surface area contributed by atoms with Gasteiger partial charge < -0.3 is 9.53 Å². The molecule has 2 nitrogen and oxygen atoms in total. The van der Waals surface area contributed by atoms with E-state index in [2.05, 4.69) is 0 Å². The van der Waals surface area contributed by atoms with Crippen LogP contribution in [0.2, 0.25) is 0 Å². The summed E-state index contributed by atoms with van der Waals surface area (Å²) in [5, 5.41) is -0.436. The van der Waals surface area contributed by atoms with Crippen molar-refractivity contribution in [2.45, 2.75) is 18.2 Å². The Morgan fingerprint density at radius 2 is 2.07 bits per heavy atom. The molecule has 0 heterocycles. The molecule has 0 aliphatic heterocycles. The summed E-state index contributed by atoms with van der Waals surface area (Å²) in [4.78, 5) is 10.5. The highest BCUT2D eigenvalue weighted by atomic mass is 35.5. The number of hydrogen-bond donors (Lipinski definition) is 0. The van der Waals surface area contributed by atoms with Crippen molar-refractivity contribution in [3.63, 3.8) is 0 Å². The molecule has 0 aromatic heterocycles. The van der Waals surface area contributed by atoms with Crippen molar-refractivity contribution in [2.24, 2.45) is 0 Å². The van der Waals surface area contributed by atoms with E-state index in [9.17, 15) is 4.79 Å². The van der Waals surface area contributed by atoms with Crippen LogP contribution in [0.4, 0.5) is 0 Å². The first-order valence-corrected chi connectivity index (χ1v) is 5.36. The fourth-order valence-electron chi connectivity index (χ4n) is 1.47. The van der Waals surface area contributed by atoms with E-state index in [1.54, 1.807) is 7.11 Å². The molecule has 0 spiro atoms. The van der Waals surface area contributed by atoms with Crippen molar-refractivity contribution >= 4 is 17.9 Å². The second-order valence-corrected chi connectivity index (χ2v) is 3.93. The second kappa shape index (κ2) is 6.59. The van der Waals surface area contributed by atoms with Gasteiger partial charge in [-0.25, -0.2) is 0 Å². The van der Waals surface area contributed by atoms with Gasteiger partial charge in [-0.15, -0.1) is 11.6 Å². The number of carbonyl (C=O) groups excluding carboxylic acids is 1. The normalized spacial score (nSPS) is 12.4. The predicted molar refractivity (Wildman–Crippen MR) is 61.4 cm³/mol. The molecule has 0 aliphatic carbocycles. The van der Waals surface area contributed by atoms with Gasteiger partial charge >= 0.3 is 0 Å². The topological polar surface area (TPSA) is 26.3 Å². The molecule has 0 saturated carbocycles. The molecule has 1 aromatic carbocycles. The van der Waals surface area contributed by atoms with E-state index in [1.165, 1.54) is 5.56 Å². The molecule has 0 amide bonds. The maximum Gasteiger partial charge on any atom is 0.138 e. The van der Waals surface area contributed by atoms with Gasteiger partial charge in [-0.3, -0.25) is 0 Å². The van der Waals surface area contributed by atoms with Crippen LogP contribution in [-0.2, 0) is 22.4 Å². The van der Waals surface area contributed by atoms with Gasteiger partial charge in [0, 0.05) is 7.11 Å². The summed E-state index contributed by atoms with van der Waals surface area (Å²) in [6.07, 6.45) is 2.22. The molecule has 3 heteroatoms. The Kier molecular flexibility index (Phi) is 5.37. The fraction of sp³-hybridized carbons (Fsp3) is 0.417. The van der Waals surface area contributed by atoms with Crippen LogP contribution in [0.3, 0.4) is 0 Å². The minimum Gasteiger partial charge on any atom is -0.384 e. The third kappa shape index (κ3) is 4.02. The molecule has 0 fully saturated rings. The second-order valence-electron chi connectivity index (χ2n) is 3.37. The average Bonchev–Trinajstić information content (AvgIpc) is 2.28. The van der Waals surface area contributed by atoms with Gasteiger partial charge in [0.25, 0.3) is 0 Å². The SMILES string of the molecule is COCCc1ccccc1CC(Cl)C=O. The van der Waals surface area contributed by atoms with E-state index in [1.807, 2.05) is 24.3 Å². The molecule has 0 bridgehead atoms. The van der Waals surface area contributed by atoms with E-state index in [-0.39, 0.29) is 0 Å². The first-order valence-electron chi connectivity index (χ1n) is 4.93. The lowest BCUT2D eigenvalue weighted by Gasteiger charge is -2.09. The fourth-order valence-corrected chi connectivity index (χ4v) is 1.64. The van der Waals surface area contributed by atoms with Crippen molar-refractivity contribution < 1.29 is 9.53 Å². The molecule has 1 rings (SSSR count). The third-order valence-electron chi connectivity index (χ3n) is 2.26. The van der Waals surface area contributed by atoms with Gasteiger partial charge in [-0.2, -0.15) is 0 Å². The highest BCUT2D eigenvalue weighted by Crippen LogP contribution is 2.13. The Bertz CT molecular complexity index is 312. The quantitative estimate of drug-likeness (QED) is 0.549. The number of hydrogen-bond acceptors (Lipinski definition) is 2. The largest absolute Gasteiger partial charge is 0.384 e. The molecule has 1 unspecified atom stereocenters. The maximum atomic E-state index is 10.5. The summed E-state index contributed by atoms with van der Waals surface area (Å²) in [6.45, 7) is 0.686. The number of aldehydes is 1. The molecule has 1 aromatic rings. The molecule has 0 N–H and O–H groups in total. The number of ether oxygens (including phenoxy) is 1. The molecule has 15 heavy (non-hydrogen) atoms. The van der Waals surface area contributed by atoms with E-state index >= 15 is 0 Å². The smallest absolute Gasteiger partial charge is 0.138 e. The Morgan fingerprint density at radius 3 is 2.67 bits per heavy atom. The van der Waals surface area contributed by atoms with Crippen LogP contribution >= 0.6 is 11.6 Å². The van der Waals surface area contributed by atoms with Crippen LogP contribution < -0.4 is 0 Å². The summed E-state index contributed by atoms with van der Waals surface area (Å²) < 4.78 is 5.03. The average molecular weight is 227 g/mol. The zero-order chi connectivity index (χ0) is 11.1. The van der Waals surface area contributed by atoms with E-state index in [0.717, 1.165) is 18.3 Å². The minimum atomic E-state index is -0.436. The monoisotopic (exact) mass is 226 g/mol. The summed E-state index contributed by atoms with van der Waals surface area (Å²) >= 11 is 5.81. The van der Waals surface area contributed by atoms with Gasteiger partial charge in [0.05, 0.1) is 12.0 Å². The van der Waals surface area contributed by atoms with Crippen LogP contribution in [-0.4, -0.2) is 25.4 Å². The standard InChI is InChI=1S/C12H15ClO2/c1-15-7-6-10-4-2-3-5-11(10)8-12(13)9-14/h2-5,9,12H,6-8H2,1H3. The van der Waals surface area contributed by atoms with Gasteiger partial charge in [0.2, 0.25) is 0 Å². The molecule has 0 aliphatic rings. The molecular formula is C12H15ClO2. The number of halogens is 1. The maximum absolute atomic E-state index is 10.5.